The molecule has 0 N–H and O–H groups in total. The second kappa shape index (κ2) is 3.70. The Labute approximate surface area is 83.9 Å². The molecule has 0 aliphatic carbocycles. The smallest absolute Gasteiger partial charge is 0.247 e. The monoisotopic (exact) mass is 238 g/mol. The minimum atomic E-state index is 0.557. The zero-order valence-corrected chi connectivity index (χ0v) is 8.36. The molecule has 0 unspecified atom stereocenters. The largest absolute Gasteiger partial charge is 0.423 e. The minimum Gasteiger partial charge on any atom is -0.423 e. The highest BCUT2D eigenvalue weighted by Crippen LogP contribution is 2.17. The molecule has 3 nitrogen and oxygen atoms in total. The Morgan fingerprint density at radius 2 is 2.00 bits per heavy atom. The molecule has 0 radical (unpaired) electrons. The summed E-state index contributed by atoms with van der Waals surface area (Å²) in [6.07, 6.45) is 1.33. The highest BCUT2D eigenvalue weighted by Gasteiger charge is 2.01. The number of rotatable bonds is 2. The van der Waals surface area contributed by atoms with Crippen LogP contribution in [0.1, 0.15) is 5.56 Å². The Balaban J connectivity index is 2.33. The second-order valence-electron chi connectivity index (χ2n) is 2.57. The molecule has 2 rings (SSSR count). The third-order valence-electron chi connectivity index (χ3n) is 1.72. The van der Waals surface area contributed by atoms with E-state index >= 15 is 0 Å². The van der Waals surface area contributed by atoms with E-state index in [0.29, 0.717) is 5.89 Å². The van der Waals surface area contributed by atoms with Gasteiger partial charge in [0.15, 0.2) is 0 Å². The molecule has 66 valence electrons. The van der Waals surface area contributed by atoms with E-state index in [1.807, 2.05) is 24.3 Å². The van der Waals surface area contributed by atoms with Crippen LogP contribution in [0, 0.1) is 0 Å². The number of halogens is 1. The average molecular weight is 239 g/mol. The van der Waals surface area contributed by atoms with Crippen molar-refractivity contribution < 1.29 is 4.42 Å². The van der Waals surface area contributed by atoms with Crippen LogP contribution in [0.5, 0.6) is 0 Å². The fraction of sp³-hybridized carbons (Fsp3) is 0.111. The molecular formula is C9H7BrN2O. The summed E-state index contributed by atoms with van der Waals surface area (Å²) in [5, 5.41) is 8.29. The van der Waals surface area contributed by atoms with Gasteiger partial charge in [0.05, 0.1) is 0 Å². The summed E-state index contributed by atoms with van der Waals surface area (Å²) >= 11 is 3.38. The van der Waals surface area contributed by atoms with Gasteiger partial charge in [-0.05, 0) is 17.7 Å². The van der Waals surface area contributed by atoms with Crippen LogP contribution in [0.3, 0.4) is 0 Å². The topological polar surface area (TPSA) is 38.9 Å². The fourth-order valence-electron chi connectivity index (χ4n) is 1.04. The highest BCUT2D eigenvalue weighted by molar-refractivity contribution is 9.08. The summed E-state index contributed by atoms with van der Waals surface area (Å²) in [6.45, 7) is 0. The van der Waals surface area contributed by atoms with Crippen molar-refractivity contribution in [3.8, 4) is 11.5 Å². The first-order valence-corrected chi connectivity index (χ1v) is 4.94. The van der Waals surface area contributed by atoms with E-state index in [1.54, 1.807) is 0 Å². The molecule has 0 atom stereocenters. The minimum absolute atomic E-state index is 0.557. The average Bonchev–Trinajstić information content (AvgIpc) is 2.71. The van der Waals surface area contributed by atoms with Crippen LogP contribution >= 0.6 is 15.9 Å². The zero-order valence-electron chi connectivity index (χ0n) is 6.77. The highest BCUT2D eigenvalue weighted by atomic mass is 79.9. The molecule has 1 aromatic carbocycles. The molecule has 0 fully saturated rings. The third-order valence-corrected chi connectivity index (χ3v) is 2.36. The SMILES string of the molecule is BrCc1ccc(-c2nnco2)cc1. The summed E-state index contributed by atoms with van der Waals surface area (Å²) < 4.78 is 5.06. The van der Waals surface area contributed by atoms with E-state index in [1.165, 1.54) is 12.0 Å². The first-order valence-electron chi connectivity index (χ1n) is 3.81. The van der Waals surface area contributed by atoms with Gasteiger partial charge in [-0.1, -0.05) is 28.1 Å². The second-order valence-corrected chi connectivity index (χ2v) is 3.14. The van der Waals surface area contributed by atoms with Crippen LogP contribution in [0.25, 0.3) is 11.5 Å². The van der Waals surface area contributed by atoms with Crippen molar-refractivity contribution in [1.82, 2.24) is 10.2 Å². The Morgan fingerprint density at radius 1 is 1.23 bits per heavy atom. The molecule has 0 saturated carbocycles. The predicted octanol–water partition coefficient (Wildman–Crippen LogP) is 2.63. The molecule has 1 heterocycles. The normalized spacial score (nSPS) is 10.2. The molecule has 2 aromatic rings. The van der Waals surface area contributed by atoms with Crippen molar-refractivity contribution in [3.63, 3.8) is 0 Å². The standard InChI is InChI=1S/C9H7BrN2O/c10-5-7-1-3-8(4-2-7)9-12-11-6-13-9/h1-4,6H,5H2. The number of nitrogens with zero attached hydrogens (tertiary/aromatic N) is 2. The van der Waals surface area contributed by atoms with E-state index in [9.17, 15) is 0 Å². The lowest BCUT2D eigenvalue weighted by Crippen LogP contribution is -1.80. The van der Waals surface area contributed by atoms with Crippen LogP contribution in [0.4, 0.5) is 0 Å². The van der Waals surface area contributed by atoms with Gasteiger partial charge in [0, 0.05) is 10.9 Å². The lowest BCUT2D eigenvalue weighted by atomic mass is 10.1. The van der Waals surface area contributed by atoms with Crippen LogP contribution in [0.2, 0.25) is 0 Å². The molecular weight excluding hydrogens is 232 g/mol. The summed E-state index contributed by atoms with van der Waals surface area (Å²) in [5.74, 6) is 0.557. The lowest BCUT2D eigenvalue weighted by Gasteiger charge is -1.96. The molecule has 0 spiro atoms. The maximum absolute atomic E-state index is 5.06. The number of hydrogen-bond acceptors (Lipinski definition) is 3. The summed E-state index contributed by atoms with van der Waals surface area (Å²) in [6, 6.07) is 7.97. The zero-order chi connectivity index (χ0) is 9.10. The maximum Gasteiger partial charge on any atom is 0.247 e. The van der Waals surface area contributed by atoms with E-state index in [2.05, 4.69) is 26.1 Å². The Bertz CT molecular complexity index is 369. The first-order chi connectivity index (χ1) is 6.40. The van der Waals surface area contributed by atoms with Crippen LogP contribution in [-0.2, 0) is 5.33 Å². The quantitative estimate of drug-likeness (QED) is 0.756. The summed E-state index contributed by atoms with van der Waals surface area (Å²) in [5.41, 5.74) is 2.17. The van der Waals surface area contributed by atoms with Crippen LogP contribution in [0.15, 0.2) is 35.1 Å². The van der Waals surface area contributed by atoms with Gasteiger partial charge in [0.1, 0.15) is 0 Å². The van der Waals surface area contributed by atoms with Gasteiger partial charge in [-0.25, -0.2) is 0 Å². The number of alkyl halides is 1. The van der Waals surface area contributed by atoms with Crippen molar-refractivity contribution in [3.05, 3.63) is 36.2 Å². The lowest BCUT2D eigenvalue weighted by molar-refractivity contribution is 0.568. The Morgan fingerprint density at radius 3 is 2.54 bits per heavy atom. The third kappa shape index (κ3) is 1.78. The number of hydrogen-bond donors (Lipinski definition) is 0. The van der Waals surface area contributed by atoms with Crippen molar-refractivity contribution in [1.29, 1.82) is 0 Å². The van der Waals surface area contributed by atoms with Crippen LogP contribution < -0.4 is 0 Å². The van der Waals surface area contributed by atoms with E-state index in [0.717, 1.165) is 10.9 Å². The Hall–Kier alpha value is -1.16. The van der Waals surface area contributed by atoms with Gasteiger partial charge in [0.25, 0.3) is 0 Å². The maximum atomic E-state index is 5.06. The van der Waals surface area contributed by atoms with Gasteiger partial charge in [-0.15, -0.1) is 10.2 Å². The van der Waals surface area contributed by atoms with Gasteiger partial charge in [-0.3, -0.25) is 0 Å². The number of benzene rings is 1. The van der Waals surface area contributed by atoms with E-state index in [-0.39, 0.29) is 0 Å². The van der Waals surface area contributed by atoms with Crippen molar-refractivity contribution in [2.24, 2.45) is 0 Å². The van der Waals surface area contributed by atoms with Gasteiger partial charge in [-0.2, -0.15) is 0 Å². The van der Waals surface area contributed by atoms with E-state index in [4.69, 9.17) is 4.42 Å². The van der Waals surface area contributed by atoms with Gasteiger partial charge >= 0.3 is 0 Å². The van der Waals surface area contributed by atoms with Crippen molar-refractivity contribution in [2.75, 3.05) is 0 Å². The molecule has 13 heavy (non-hydrogen) atoms. The number of aromatic nitrogens is 2. The van der Waals surface area contributed by atoms with Crippen molar-refractivity contribution in [2.45, 2.75) is 5.33 Å². The fourth-order valence-corrected chi connectivity index (χ4v) is 1.41. The summed E-state index contributed by atoms with van der Waals surface area (Å²) in [4.78, 5) is 0. The first kappa shape index (κ1) is 8.44. The van der Waals surface area contributed by atoms with Crippen molar-refractivity contribution >= 4 is 15.9 Å². The molecule has 0 bridgehead atoms. The summed E-state index contributed by atoms with van der Waals surface area (Å²) in [7, 11) is 0. The molecule has 1 aromatic heterocycles. The molecule has 4 heteroatoms. The molecule has 0 aliphatic heterocycles. The van der Waals surface area contributed by atoms with E-state index < -0.39 is 0 Å². The van der Waals surface area contributed by atoms with Gasteiger partial charge in [0.2, 0.25) is 12.3 Å². The molecule has 0 aliphatic rings. The van der Waals surface area contributed by atoms with Gasteiger partial charge < -0.3 is 4.42 Å². The Kier molecular flexibility index (Phi) is 2.40. The van der Waals surface area contributed by atoms with Crippen LogP contribution in [-0.4, -0.2) is 10.2 Å². The molecule has 0 saturated heterocycles. The predicted molar refractivity (Wildman–Crippen MR) is 52.4 cm³/mol. The molecule has 0 amide bonds.